The third kappa shape index (κ3) is 3.83. The number of amides is 1. The summed E-state index contributed by atoms with van der Waals surface area (Å²) in [6, 6.07) is 9.61. The van der Waals surface area contributed by atoms with Gasteiger partial charge in [0.25, 0.3) is 5.56 Å². The molecule has 0 spiro atoms. The largest absolute Gasteiger partial charge is 0.325 e. The lowest BCUT2D eigenvalue weighted by Gasteiger charge is -2.11. The van der Waals surface area contributed by atoms with E-state index >= 15 is 0 Å². The zero-order chi connectivity index (χ0) is 18.7. The van der Waals surface area contributed by atoms with Gasteiger partial charge in [-0.3, -0.25) is 14.2 Å². The molecule has 0 atom stereocenters. The topological polar surface area (TPSA) is 64.0 Å². The minimum absolute atomic E-state index is 0.0508. The van der Waals surface area contributed by atoms with Crippen LogP contribution in [0.5, 0.6) is 0 Å². The summed E-state index contributed by atoms with van der Waals surface area (Å²) < 4.78 is 1.45. The Morgan fingerprint density at radius 1 is 1.23 bits per heavy atom. The molecule has 136 valence electrons. The van der Waals surface area contributed by atoms with Crippen molar-refractivity contribution >= 4 is 44.9 Å². The number of aromatic nitrogens is 2. The number of thiophene rings is 1. The molecule has 1 aromatic carbocycles. The minimum Gasteiger partial charge on any atom is -0.325 e. The number of rotatable bonds is 6. The van der Waals surface area contributed by atoms with Crippen LogP contribution in [0.1, 0.15) is 24.3 Å². The number of aryl methyl sites for hydroxylation is 2. The van der Waals surface area contributed by atoms with Gasteiger partial charge in [-0.1, -0.05) is 37.7 Å². The van der Waals surface area contributed by atoms with Crippen LogP contribution in [0.15, 0.2) is 40.3 Å². The summed E-state index contributed by atoms with van der Waals surface area (Å²) in [5, 5.41) is 4.00. The molecule has 0 aliphatic heterocycles. The maximum atomic E-state index is 12.8. The van der Waals surface area contributed by atoms with Crippen LogP contribution in [-0.2, 0) is 24.2 Å². The van der Waals surface area contributed by atoms with Crippen molar-refractivity contribution in [2.45, 2.75) is 38.4 Å². The molecule has 0 saturated heterocycles. The number of hydrogen-bond acceptors (Lipinski definition) is 5. The number of fused-ring (bicyclic) bond motifs is 1. The van der Waals surface area contributed by atoms with Gasteiger partial charge in [0.05, 0.1) is 5.39 Å². The standard InChI is InChI=1S/C19H21N3O2S2/c1-4-12-6-8-13(9-7-12)20-16(23)11-22-18(24)15-10-14(5-2)26-17(15)21-19(22)25-3/h6-10H,4-5,11H2,1-3H3,(H,20,23). The number of hydrogen-bond donors (Lipinski definition) is 1. The first kappa shape index (κ1) is 18.7. The Morgan fingerprint density at radius 2 is 1.96 bits per heavy atom. The molecule has 3 rings (SSSR count). The second kappa shape index (κ2) is 8.05. The summed E-state index contributed by atoms with van der Waals surface area (Å²) in [4.78, 5) is 31.7. The van der Waals surface area contributed by atoms with Gasteiger partial charge in [-0.15, -0.1) is 11.3 Å². The van der Waals surface area contributed by atoms with Crippen LogP contribution in [0.4, 0.5) is 5.69 Å². The fourth-order valence-corrected chi connectivity index (χ4v) is 4.25. The average molecular weight is 388 g/mol. The van der Waals surface area contributed by atoms with Gasteiger partial charge in [0.15, 0.2) is 5.16 Å². The zero-order valence-corrected chi connectivity index (χ0v) is 16.7. The lowest BCUT2D eigenvalue weighted by Crippen LogP contribution is -2.29. The van der Waals surface area contributed by atoms with E-state index in [1.807, 2.05) is 36.6 Å². The van der Waals surface area contributed by atoms with Crippen molar-refractivity contribution in [2.24, 2.45) is 0 Å². The predicted octanol–water partition coefficient (Wildman–Crippen LogP) is 3.94. The van der Waals surface area contributed by atoms with Crippen LogP contribution in [0.2, 0.25) is 0 Å². The van der Waals surface area contributed by atoms with Crippen LogP contribution in [0.25, 0.3) is 10.2 Å². The fraction of sp³-hybridized carbons (Fsp3) is 0.316. The molecule has 0 bridgehead atoms. The highest BCUT2D eigenvalue weighted by Crippen LogP contribution is 2.24. The number of anilines is 1. The van der Waals surface area contributed by atoms with Gasteiger partial charge in [-0.25, -0.2) is 4.98 Å². The highest BCUT2D eigenvalue weighted by Gasteiger charge is 2.15. The molecular formula is C19H21N3O2S2. The lowest BCUT2D eigenvalue weighted by molar-refractivity contribution is -0.116. The molecule has 26 heavy (non-hydrogen) atoms. The first-order valence-electron chi connectivity index (χ1n) is 8.51. The Morgan fingerprint density at radius 3 is 2.58 bits per heavy atom. The van der Waals surface area contributed by atoms with E-state index in [2.05, 4.69) is 24.1 Å². The summed E-state index contributed by atoms with van der Waals surface area (Å²) in [7, 11) is 0. The quantitative estimate of drug-likeness (QED) is 0.514. The van der Waals surface area contributed by atoms with E-state index in [1.165, 1.54) is 33.2 Å². The van der Waals surface area contributed by atoms with Gasteiger partial charge in [-0.2, -0.15) is 0 Å². The molecule has 0 saturated carbocycles. The maximum absolute atomic E-state index is 12.8. The van der Waals surface area contributed by atoms with Crippen molar-refractivity contribution in [2.75, 3.05) is 11.6 Å². The zero-order valence-electron chi connectivity index (χ0n) is 15.0. The van der Waals surface area contributed by atoms with Crippen LogP contribution in [0.3, 0.4) is 0 Å². The maximum Gasteiger partial charge on any atom is 0.263 e. The second-order valence-electron chi connectivity index (χ2n) is 5.87. The Hall–Kier alpha value is -2.12. The predicted molar refractivity (Wildman–Crippen MR) is 109 cm³/mol. The van der Waals surface area contributed by atoms with Crippen LogP contribution in [-0.4, -0.2) is 21.7 Å². The second-order valence-corrected chi connectivity index (χ2v) is 7.76. The van der Waals surface area contributed by atoms with Gasteiger partial charge in [-0.05, 0) is 42.9 Å². The third-order valence-corrected chi connectivity index (χ3v) is 6.00. The van der Waals surface area contributed by atoms with E-state index in [9.17, 15) is 9.59 Å². The Labute approximate surface area is 160 Å². The average Bonchev–Trinajstić information content (AvgIpc) is 3.08. The normalized spacial score (nSPS) is 11.0. The summed E-state index contributed by atoms with van der Waals surface area (Å²) in [6.45, 7) is 4.09. The Kier molecular flexibility index (Phi) is 5.78. The molecule has 0 radical (unpaired) electrons. The lowest BCUT2D eigenvalue weighted by atomic mass is 10.1. The van der Waals surface area contributed by atoms with E-state index in [0.29, 0.717) is 10.5 Å². The molecule has 5 nitrogen and oxygen atoms in total. The van der Waals surface area contributed by atoms with Crippen molar-refractivity contribution in [3.8, 4) is 0 Å². The van der Waals surface area contributed by atoms with E-state index < -0.39 is 0 Å². The number of nitrogens with zero attached hydrogens (tertiary/aromatic N) is 2. The fourth-order valence-electron chi connectivity index (χ4n) is 2.68. The van der Waals surface area contributed by atoms with Gasteiger partial charge in [0, 0.05) is 10.6 Å². The SMILES string of the molecule is CCc1ccc(NC(=O)Cn2c(SC)nc3sc(CC)cc3c2=O)cc1. The van der Waals surface area contributed by atoms with E-state index in [-0.39, 0.29) is 18.0 Å². The Bertz CT molecular complexity index is 990. The highest BCUT2D eigenvalue weighted by atomic mass is 32.2. The molecule has 0 aliphatic carbocycles. The molecule has 7 heteroatoms. The van der Waals surface area contributed by atoms with Crippen molar-refractivity contribution in [1.82, 2.24) is 9.55 Å². The number of carbonyl (C=O) groups excluding carboxylic acids is 1. The van der Waals surface area contributed by atoms with E-state index in [4.69, 9.17) is 0 Å². The van der Waals surface area contributed by atoms with Crippen molar-refractivity contribution in [3.05, 3.63) is 51.1 Å². The van der Waals surface area contributed by atoms with E-state index in [1.54, 1.807) is 0 Å². The summed E-state index contributed by atoms with van der Waals surface area (Å²) in [5.74, 6) is -0.237. The van der Waals surface area contributed by atoms with Gasteiger partial charge >= 0.3 is 0 Å². The molecule has 0 fully saturated rings. The minimum atomic E-state index is -0.237. The number of thioether (sulfide) groups is 1. The van der Waals surface area contributed by atoms with Gasteiger partial charge < -0.3 is 5.32 Å². The smallest absolute Gasteiger partial charge is 0.263 e. The first-order valence-corrected chi connectivity index (χ1v) is 10.6. The highest BCUT2D eigenvalue weighted by molar-refractivity contribution is 7.98. The molecule has 2 heterocycles. The summed E-state index contributed by atoms with van der Waals surface area (Å²) >= 11 is 2.91. The van der Waals surface area contributed by atoms with Crippen molar-refractivity contribution in [3.63, 3.8) is 0 Å². The monoisotopic (exact) mass is 387 g/mol. The molecule has 0 unspecified atom stereocenters. The van der Waals surface area contributed by atoms with Crippen LogP contribution < -0.4 is 10.9 Å². The molecule has 1 amide bonds. The molecule has 0 aliphatic rings. The number of benzene rings is 1. The molecule has 3 aromatic rings. The molecule has 1 N–H and O–H groups in total. The molecular weight excluding hydrogens is 366 g/mol. The Balaban J connectivity index is 1.87. The van der Waals surface area contributed by atoms with E-state index in [0.717, 1.165) is 28.2 Å². The number of carbonyl (C=O) groups is 1. The van der Waals surface area contributed by atoms with Crippen LogP contribution in [0, 0.1) is 0 Å². The number of nitrogens with one attached hydrogen (secondary N) is 1. The van der Waals surface area contributed by atoms with Crippen molar-refractivity contribution < 1.29 is 4.79 Å². The molecule has 2 aromatic heterocycles. The van der Waals surface area contributed by atoms with Crippen LogP contribution >= 0.6 is 23.1 Å². The van der Waals surface area contributed by atoms with Crippen molar-refractivity contribution in [1.29, 1.82) is 0 Å². The van der Waals surface area contributed by atoms with Gasteiger partial charge in [0.2, 0.25) is 5.91 Å². The summed E-state index contributed by atoms with van der Waals surface area (Å²) in [5.41, 5.74) is 1.78. The van der Waals surface area contributed by atoms with Gasteiger partial charge in [0.1, 0.15) is 11.4 Å². The summed E-state index contributed by atoms with van der Waals surface area (Å²) in [6.07, 6.45) is 3.68. The first-order chi connectivity index (χ1) is 12.5. The third-order valence-electron chi connectivity index (χ3n) is 4.15.